The average molecular weight is 401 g/mol. The maximum absolute atomic E-state index is 14.1. The molecule has 0 spiro atoms. The summed E-state index contributed by atoms with van der Waals surface area (Å²) in [7, 11) is 1.63. The minimum Gasteiger partial charge on any atom is -0.368 e. The zero-order valence-corrected chi connectivity index (χ0v) is 16.4. The molecule has 1 fully saturated rings. The summed E-state index contributed by atoms with van der Waals surface area (Å²) in [6.45, 7) is 3.51. The highest BCUT2D eigenvalue weighted by Gasteiger charge is 2.25. The molecule has 154 valence electrons. The molecule has 2 amide bonds. The van der Waals surface area contributed by atoms with Gasteiger partial charge in [-0.05, 0) is 49.7 Å². The van der Waals surface area contributed by atoms with Crippen LogP contribution in [0.25, 0.3) is 0 Å². The molecular formula is C20H24FN5O3. The number of hydroxylamine groups is 2. The Morgan fingerprint density at radius 2 is 2.14 bits per heavy atom. The SMILES string of the molecule is Cc1ccc(NC(=O)Nc2cc(CN(C)OC(=O)[C@H]3CCNC3)ccc2F)cn1. The van der Waals surface area contributed by atoms with Crippen LogP contribution in [0.5, 0.6) is 0 Å². The third-order valence-electron chi connectivity index (χ3n) is 4.49. The molecule has 0 aliphatic carbocycles. The number of hydrogen-bond donors (Lipinski definition) is 3. The Morgan fingerprint density at radius 1 is 1.31 bits per heavy atom. The Balaban J connectivity index is 1.57. The van der Waals surface area contributed by atoms with Crippen molar-refractivity contribution in [3.05, 3.63) is 53.6 Å². The summed E-state index contributed by atoms with van der Waals surface area (Å²) < 4.78 is 14.1. The van der Waals surface area contributed by atoms with Gasteiger partial charge in [0.05, 0.1) is 30.0 Å². The number of aryl methyl sites for hydroxylation is 1. The van der Waals surface area contributed by atoms with Gasteiger partial charge in [0.25, 0.3) is 0 Å². The number of carbonyl (C=O) groups is 2. The van der Waals surface area contributed by atoms with Gasteiger partial charge in [0.2, 0.25) is 0 Å². The van der Waals surface area contributed by atoms with E-state index in [1.165, 1.54) is 23.4 Å². The standard InChI is InChI=1S/C20H24FN5O3/c1-13-3-5-16(11-23-13)24-20(28)25-18-9-14(4-6-17(18)21)12-26(2)29-19(27)15-7-8-22-10-15/h3-6,9,11,15,22H,7-8,10,12H2,1-2H3,(H2,24,25,28)/t15-/m0/s1. The van der Waals surface area contributed by atoms with Crippen LogP contribution in [-0.2, 0) is 16.2 Å². The maximum atomic E-state index is 14.1. The summed E-state index contributed by atoms with van der Waals surface area (Å²) >= 11 is 0. The maximum Gasteiger partial charge on any atom is 0.329 e. The lowest BCUT2D eigenvalue weighted by Crippen LogP contribution is -2.28. The number of pyridine rings is 1. The first kappa shape index (κ1) is 20.7. The fourth-order valence-corrected chi connectivity index (χ4v) is 2.97. The molecule has 3 rings (SSSR count). The van der Waals surface area contributed by atoms with Gasteiger partial charge in [-0.1, -0.05) is 6.07 Å². The number of amides is 2. The van der Waals surface area contributed by atoms with Gasteiger partial charge in [-0.15, -0.1) is 5.06 Å². The highest BCUT2D eigenvalue weighted by atomic mass is 19.1. The van der Waals surface area contributed by atoms with Crippen molar-refractivity contribution in [2.75, 3.05) is 30.8 Å². The lowest BCUT2D eigenvalue weighted by atomic mass is 10.1. The summed E-state index contributed by atoms with van der Waals surface area (Å²) in [5.74, 6) is -1.01. The van der Waals surface area contributed by atoms with Crippen molar-refractivity contribution in [2.45, 2.75) is 19.9 Å². The lowest BCUT2D eigenvalue weighted by Gasteiger charge is -2.19. The first-order valence-electron chi connectivity index (χ1n) is 9.33. The summed E-state index contributed by atoms with van der Waals surface area (Å²) in [5, 5.41) is 9.60. The summed E-state index contributed by atoms with van der Waals surface area (Å²) in [5.41, 5.74) is 2.03. The Morgan fingerprint density at radius 3 is 2.83 bits per heavy atom. The molecule has 0 bridgehead atoms. The van der Waals surface area contributed by atoms with E-state index in [0.717, 1.165) is 18.7 Å². The van der Waals surface area contributed by atoms with E-state index in [1.807, 2.05) is 6.92 Å². The van der Waals surface area contributed by atoms with Gasteiger partial charge in [0.15, 0.2) is 0 Å². The van der Waals surface area contributed by atoms with Crippen LogP contribution in [0.2, 0.25) is 0 Å². The number of halogens is 1. The molecule has 1 saturated heterocycles. The van der Waals surface area contributed by atoms with Gasteiger partial charge in [0.1, 0.15) is 5.82 Å². The first-order valence-corrected chi connectivity index (χ1v) is 9.33. The Bertz CT molecular complexity index is 869. The van der Waals surface area contributed by atoms with Crippen LogP contribution in [0.4, 0.5) is 20.6 Å². The van der Waals surface area contributed by atoms with E-state index in [9.17, 15) is 14.0 Å². The van der Waals surface area contributed by atoms with Crippen LogP contribution in [-0.4, -0.2) is 42.2 Å². The highest BCUT2D eigenvalue weighted by Crippen LogP contribution is 2.19. The van der Waals surface area contributed by atoms with E-state index < -0.39 is 11.8 Å². The van der Waals surface area contributed by atoms with Gasteiger partial charge < -0.3 is 20.8 Å². The number of nitrogens with zero attached hydrogens (tertiary/aromatic N) is 2. The van der Waals surface area contributed by atoms with E-state index in [-0.39, 0.29) is 24.1 Å². The Kier molecular flexibility index (Phi) is 6.73. The molecule has 2 aromatic rings. The van der Waals surface area contributed by atoms with Crippen LogP contribution in [0.1, 0.15) is 17.7 Å². The fourth-order valence-electron chi connectivity index (χ4n) is 2.97. The van der Waals surface area contributed by atoms with Crippen molar-refractivity contribution in [1.82, 2.24) is 15.4 Å². The molecule has 3 N–H and O–H groups in total. The number of aromatic nitrogens is 1. The van der Waals surface area contributed by atoms with Crippen LogP contribution >= 0.6 is 0 Å². The normalized spacial score (nSPS) is 15.9. The number of hydrogen-bond acceptors (Lipinski definition) is 6. The molecular weight excluding hydrogens is 377 g/mol. The summed E-state index contributed by atoms with van der Waals surface area (Å²) in [6.07, 6.45) is 2.27. The molecule has 0 saturated carbocycles. The molecule has 1 atom stereocenters. The second kappa shape index (κ2) is 9.44. The third-order valence-corrected chi connectivity index (χ3v) is 4.49. The average Bonchev–Trinajstić information content (AvgIpc) is 3.21. The van der Waals surface area contributed by atoms with Crippen molar-refractivity contribution in [2.24, 2.45) is 5.92 Å². The zero-order chi connectivity index (χ0) is 20.8. The van der Waals surface area contributed by atoms with Crippen molar-refractivity contribution in [3.8, 4) is 0 Å². The predicted octanol–water partition coefficient (Wildman–Crippen LogP) is 2.67. The second-order valence-electron chi connectivity index (χ2n) is 6.97. The first-order chi connectivity index (χ1) is 13.9. The Hall–Kier alpha value is -3.04. The van der Waals surface area contributed by atoms with E-state index in [2.05, 4.69) is 20.9 Å². The molecule has 1 aromatic heterocycles. The highest BCUT2D eigenvalue weighted by molar-refractivity contribution is 5.99. The number of benzene rings is 1. The molecule has 9 heteroatoms. The number of rotatable bonds is 6. The van der Waals surface area contributed by atoms with Crippen LogP contribution in [0.3, 0.4) is 0 Å². The lowest BCUT2D eigenvalue weighted by molar-refractivity contribution is -0.191. The van der Waals surface area contributed by atoms with E-state index in [1.54, 1.807) is 25.2 Å². The zero-order valence-electron chi connectivity index (χ0n) is 16.4. The van der Waals surface area contributed by atoms with Crippen molar-refractivity contribution in [1.29, 1.82) is 0 Å². The summed E-state index contributed by atoms with van der Waals surface area (Å²) in [6, 6.07) is 7.22. The smallest absolute Gasteiger partial charge is 0.329 e. The number of anilines is 2. The number of nitrogens with one attached hydrogen (secondary N) is 3. The molecule has 29 heavy (non-hydrogen) atoms. The topological polar surface area (TPSA) is 95.6 Å². The molecule has 1 aliphatic rings. The predicted molar refractivity (Wildman–Crippen MR) is 107 cm³/mol. The minimum absolute atomic E-state index is 0.0276. The molecule has 0 radical (unpaired) electrons. The minimum atomic E-state index is -0.583. The van der Waals surface area contributed by atoms with Crippen LogP contribution in [0.15, 0.2) is 36.5 Å². The van der Waals surface area contributed by atoms with Gasteiger partial charge in [0, 0.05) is 19.3 Å². The van der Waals surface area contributed by atoms with Crippen molar-refractivity contribution in [3.63, 3.8) is 0 Å². The van der Waals surface area contributed by atoms with Gasteiger partial charge >= 0.3 is 12.0 Å². The largest absolute Gasteiger partial charge is 0.368 e. The second-order valence-corrected chi connectivity index (χ2v) is 6.97. The van der Waals surface area contributed by atoms with Crippen molar-refractivity contribution >= 4 is 23.4 Å². The Labute approximate surface area is 168 Å². The molecule has 8 nitrogen and oxygen atoms in total. The van der Waals surface area contributed by atoms with Crippen molar-refractivity contribution < 1.29 is 18.8 Å². The number of carbonyl (C=O) groups excluding carboxylic acids is 2. The number of urea groups is 1. The van der Waals surface area contributed by atoms with E-state index >= 15 is 0 Å². The third kappa shape index (κ3) is 5.97. The van der Waals surface area contributed by atoms with Gasteiger partial charge in [-0.25, -0.2) is 9.18 Å². The van der Waals surface area contributed by atoms with E-state index in [0.29, 0.717) is 17.8 Å². The van der Waals surface area contributed by atoms with Gasteiger partial charge in [-0.2, -0.15) is 0 Å². The van der Waals surface area contributed by atoms with Crippen LogP contribution < -0.4 is 16.0 Å². The van der Waals surface area contributed by atoms with E-state index in [4.69, 9.17) is 4.84 Å². The van der Waals surface area contributed by atoms with Gasteiger partial charge in [-0.3, -0.25) is 9.78 Å². The molecule has 1 aromatic carbocycles. The quantitative estimate of drug-likeness (QED) is 0.644. The summed E-state index contributed by atoms with van der Waals surface area (Å²) in [4.78, 5) is 33.6. The molecule has 1 aliphatic heterocycles. The molecule has 0 unspecified atom stereocenters. The fraction of sp³-hybridized carbons (Fsp3) is 0.350. The van der Waals surface area contributed by atoms with Crippen LogP contribution in [0, 0.1) is 18.7 Å². The monoisotopic (exact) mass is 401 g/mol. The molecule has 2 heterocycles.